The molecule has 17 heteroatoms. The fourth-order valence-electron chi connectivity index (χ4n) is 5.01. The van der Waals surface area contributed by atoms with E-state index in [1.807, 2.05) is 4.72 Å². The molecule has 0 unspecified atom stereocenters. The number of nitrogens with one attached hydrogen (secondary N) is 3. The number of rotatable bonds is 11. The first-order valence-corrected chi connectivity index (χ1v) is 17.8. The van der Waals surface area contributed by atoms with Gasteiger partial charge in [-0.25, -0.2) is 36.3 Å². The topological polar surface area (TPSA) is 188 Å². The Kier molecular flexibility index (Phi) is 11.7. The second-order valence-electron chi connectivity index (χ2n) is 13.6. The van der Waals surface area contributed by atoms with Crippen LogP contribution in [0.2, 0.25) is 0 Å². The summed E-state index contributed by atoms with van der Waals surface area (Å²) in [6.45, 7) is 11.7. The van der Waals surface area contributed by atoms with Gasteiger partial charge in [0.25, 0.3) is 27.4 Å². The number of pyridine rings is 1. The second-order valence-corrected chi connectivity index (χ2v) is 15.3. The Bertz CT molecular complexity index is 2260. The minimum Gasteiger partial charge on any atom is -0.461 e. The van der Waals surface area contributed by atoms with Gasteiger partial charge in [0, 0.05) is 48.1 Å². The molecule has 0 aliphatic carbocycles. The third kappa shape index (κ3) is 9.40. The number of aromatic nitrogens is 3. The summed E-state index contributed by atoms with van der Waals surface area (Å²) < 4.78 is 65.9. The van der Waals surface area contributed by atoms with E-state index in [1.54, 1.807) is 48.5 Å². The van der Waals surface area contributed by atoms with Crippen LogP contribution in [0.1, 0.15) is 72.2 Å². The van der Waals surface area contributed by atoms with Gasteiger partial charge in [-0.1, -0.05) is 6.07 Å². The summed E-state index contributed by atoms with van der Waals surface area (Å²) in [5.74, 6) is -5.13. The molecule has 4 rings (SSSR count). The zero-order valence-corrected chi connectivity index (χ0v) is 31.1. The molecule has 0 bridgehead atoms. The van der Waals surface area contributed by atoms with E-state index in [1.165, 1.54) is 42.1 Å². The molecule has 2 amide bonds. The van der Waals surface area contributed by atoms with Crippen molar-refractivity contribution in [3.05, 3.63) is 115 Å². The van der Waals surface area contributed by atoms with Crippen LogP contribution in [0.25, 0.3) is 5.82 Å². The van der Waals surface area contributed by atoms with Crippen molar-refractivity contribution in [3.8, 4) is 5.82 Å². The van der Waals surface area contributed by atoms with Crippen molar-refractivity contribution < 1.29 is 36.3 Å². The third-order valence-corrected chi connectivity index (χ3v) is 9.31. The Morgan fingerprint density at radius 2 is 1.58 bits per heavy atom. The van der Waals surface area contributed by atoms with Gasteiger partial charge in [0.15, 0.2) is 0 Å². The number of hydrogen-bond donors (Lipinski definition) is 3. The molecule has 0 saturated heterocycles. The second kappa shape index (κ2) is 15.5. The largest absolute Gasteiger partial charge is 0.461 e. The van der Waals surface area contributed by atoms with Crippen molar-refractivity contribution in [1.82, 2.24) is 24.8 Å². The molecule has 4 aromatic rings. The number of sulfonamides is 1. The van der Waals surface area contributed by atoms with E-state index in [2.05, 4.69) is 15.6 Å². The maximum atomic E-state index is 15.3. The molecule has 0 saturated carbocycles. The van der Waals surface area contributed by atoms with Gasteiger partial charge in [0.1, 0.15) is 23.5 Å². The number of amides is 2. The smallest absolute Gasteiger partial charge is 0.336 e. The van der Waals surface area contributed by atoms with Crippen molar-refractivity contribution in [2.45, 2.75) is 77.5 Å². The molecule has 0 fully saturated rings. The van der Waals surface area contributed by atoms with Gasteiger partial charge in [0.05, 0.1) is 22.3 Å². The van der Waals surface area contributed by atoms with E-state index >= 15 is 8.78 Å². The predicted octanol–water partition coefficient (Wildman–Crippen LogP) is 3.45. The summed E-state index contributed by atoms with van der Waals surface area (Å²) in [4.78, 5) is 68.1. The molecule has 0 aliphatic rings. The predicted molar refractivity (Wildman–Crippen MR) is 192 cm³/mol. The zero-order chi connectivity index (χ0) is 39.6. The van der Waals surface area contributed by atoms with Crippen molar-refractivity contribution >= 4 is 33.5 Å². The monoisotopic (exact) mass is 754 g/mol. The molecule has 3 N–H and O–H groups in total. The molecule has 2 aromatic heterocycles. The molecule has 53 heavy (non-hydrogen) atoms. The van der Waals surface area contributed by atoms with Crippen LogP contribution >= 0.6 is 0 Å². The number of anilines is 1. The van der Waals surface area contributed by atoms with E-state index in [4.69, 9.17) is 4.74 Å². The maximum Gasteiger partial charge on any atom is 0.336 e. The van der Waals surface area contributed by atoms with E-state index in [0.29, 0.717) is 29.0 Å². The Hall–Kier alpha value is -5.71. The summed E-state index contributed by atoms with van der Waals surface area (Å²) in [6, 6.07) is 7.16. The molecule has 1 atom stereocenters. The van der Waals surface area contributed by atoms with Crippen molar-refractivity contribution in [3.63, 3.8) is 0 Å². The van der Waals surface area contributed by atoms with Crippen LogP contribution in [0.4, 0.5) is 14.5 Å². The quantitative estimate of drug-likeness (QED) is 0.193. The summed E-state index contributed by atoms with van der Waals surface area (Å²) in [7, 11) is -2.95. The minimum absolute atomic E-state index is 0.0153. The molecular formula is C36H40F2N6O8S. The highest BCUT2D eigenvalue weighted by atomic mass is 32.2. The summed E-state index contributed by atoms with van der Waals surface area (Å²) >= 11 is 0. The zero-order valence-electron chi connectivity index (χ0n) is 30.3. The van der Waals surface area contributed by atoms with Crippen LogP contribution in [0.5, 0.6) is 0 Å². The first kappa shape index (κ1) is 40.1. The average molecular weight is 755 g/mol. The minimum atomic E-state index is -4.47. The van der Waals surface area contributed by atoms with Crippen LogP contribution in [0, 0.1) is 25.5 Å². The van der Waals surface area contributed by atoms with Crippen LogP contribution in [0.15, 0.2) is 69.2 Å². The summed E-state index contributed by atoms with van der Waals surface area (Å²) in [5, 5.41) is 5.07. The lowest BCUT2D eigenvalue weighted by atomic mass is 10.1. The fourth-order valence-corrected chi connectivity index (χ4v) is 6.06. The average Bonchev–Trinajstić information content (AvgIpc) is 3.07. The van der Waals surface area contributed by atoms with Gasteiger partial charge >= 0.3 is 11.7 Å². The molecule has 0 radical (unpaired) electrons. The fraction of sp³-hybridized carbons (Fsp3) is 0.333. The molecule has 2 aromatic carbocycles. The Labute approximate surface area is 304 Å². The SMILES string of the molecule is Cc1c(C)n(C)c(=O)n(-c2ccc(C[C@H](NC(=O)c3cc(F)c(NS(=O)(=O)c4ccc(C(=O)NC(C)(C)C)cc4)cc3F)C(=O)OC(C)C)cn2)c1=O. The van der Waals surface area contributed by atoms with Gasteiger partial charge in [-0.05, 0) is 90.4 Å². The maximum absolute atomic E-state index is 15.3. The molecule has 0 aliphatic heterocycles. The molecule has 282 valence electrons. The standard InChI is InChI=1S/C36H40F2N6O8S/c1-19(2)52-34(48)29(15-22-9-14-30(39-18-22)44-33(47)20(3)21(4)43(8)35(44)49)40-32(46)25-16-27(38)28(17-26(25)37)42-53(50,51)24-12-10-23(11-13-24)31(45)41-36(5,6)7/h9-14,16-19,29,42H,15H2,1-8H3,(H,40,46)(H,41,45)/t29-/m0/s1. The van der Waals surface area contributed by atoms with Crippen LogP contribution < -0.4 is 26.6 Å². The van der Waals surface area contributed by atoms with E-state index in [0.717, 1.165) is 16.7 Å². The van der Waals surface area contributed by atoms with Crippen LogP contribution in [-0.4, -0.2) is 58.0 Å². The van der Waals surface area contributed by atoms with Crippen molar-refractivity contribution in [2.75, 3.05) is 4.72 Å². The first-order chi connectivity index (χ1) is 24.6. The first-order valence-electron chi connectivity index (χ1n) is 16.3. The summed E-state index contributed by atoms with van der Waals surface area (Å²) in [5.41, 5.74) is -1.97. The molecule has 14 nitrogen and oxygen atoms in total. The number of benzene rings is 2. The lowest BCUT2D eigenvalue weighted by molar-refractivity contribution is -0.149. The van der Waals surface area contributed by atoms with Crippen LogP contribution in [-0.2, 0) is 33.0 Å². The number of carbonyl (C=O) groups excluding carboxylic acids is 3. The Balaban J connectivity index is 1.55. The number of esters is 1. The molecule has 2 heterocycles. The lowest BCUT2D eigenvalue weighted by Crippen LogP contribution is -2.44. The van der Waals surface area contributed by atoms with Crippen molar-refractivity contribution in [2.24, 2.45) is 7.05 Å². The van der Waals surface area contributed by atoms with Gasteiger partial charge in [-0.3, -0.25) is 19.1 Å². The van der Waals surface area contributed by atoms with E-state index in [9.17, 15) is 32.4 Å². The Morgan fingerprint density at radius 3 is 2.15 bits per heavy atom. The number of ether oxygens (including phenoxy) is 1. The van der Waals surface area contributed by atoms with Gasteiger partial charge in [-0.15, -0.1) is 0 Å². The highest BCUT2D eigenvalue weighted by Gasteiger charge is 2.28. The van der Waals surface area contributed by atoms with Crippen molar-refractivity contribution in [1.29, 1.82) is 0 Å². The van der Waals surface area contributed by atoms with Gasteiger partial charge < -0.3 is 19.9 Å². The van der Waals surface area contributed by atoms with Crippen LogP contribution in [0.3, 0.4) is 0 Å². The molecule has 0 spiro atoms. The highest BCUT2D eigenvalue weighted by Crippen LogP contribution is 2.24. The van der Waals surface area contributed by atoms with Gasteiger partial charge in [-0.2, -0.15) is 0 Å². The Morgan fingerprint density at radius 1 is 0.943 bits per heavy atom. The van der Waals surface area contributed by atoms with E-state index in [-0.39, 0.29) is 22.7 Å². The van der Waals surface area contributed by atoms with Gasteiger partial charge in [0.2, 0.25) is 0 Å². The lowest BCUT2D eigenvalue weighted by Gasteiger charge is -2.20. The number of halogens is 2. The number of hydrogen-bond acceptors (Lipinski definition) is 9. The number of nitrogens with zero attached hydrogens (tertiary/aromatic N) is 3. The summed E-state index contributed by atoms with van der Waals surface area (Å²) in [6.07, 6.45) is 0.449. The van der Waals surface area contributed by atoms with E-state index < -0.39 is 79.6 Å². The number of carbonyl (C=O) groups is 3. The third-order valence-electron chi connectivity index (χ3n) is 7.93. The molecular weight excluding hydrogens is 714 g/mol. The normalized spacial score (nSPS) is 12.3. The highest BCUT2D eigenvalue weighted by molar-refractivity contribution is 7.92.